The molecule has 2 aromatic carbocycles. The second kappa shape index (κ2) is 8.11. The first-order valence-electron chi connectivity index (χ1n) is 9.74. The van der Waals surface area contributed by atoms with Crippen LogP contribution in [0.4, 0.5) is 10.5 Å². The molecule has 1 saturated carbocycles. The van der Waals surface area contributed by atoms with Gasteiger partial charge in [0.25, 0.3) is 0 Å². The van der Waals surface area contributed by atoms with Crippen molar-refractivity contribution in [3.8, 4) is 0 Å². The van der Waals surface area contributed by atoms with Gasteiger partial charge in [-0.25, -0.2) is 4.79 Å². The van der Waals surface area contributed by atoms with Crippen molar-refractivity contribution in [3.63, 3.8) is 0 Å². The molecule has 2 aliphatic rings. The molecule has 0 aromatic heterocycles. The molecule has 1 saturated heterocycles. The Morgan fingerprint density at radius 3 is 2.44 bits per heavy atom. The van der Waals surface area contributed by atoms with Crippen LogP contribution >= 0.6 is 0 Å². The van der Waals surface area contributed by atoms with Gasteiger partial charge in [-0.3, -0.25) is 4.90 Å². The molecule has 0 spiro atoms. The topological polar surface area (TPSA) is 53.6 Å². The first-order valence-corrected chi connectivity index (χ1v) is 9.74. The predicted octanol–water partition coefficient (Wildman–Crippen LogP) is 3.37. The van der Waals surface area contributed by atoms with Gasteiger partial charge < -0.3 is 15.4 Å². The van der Waals surface area contributed by atoms with Gasteiger partial charge in [-0.1, -0.05) is 48.5 Å². The van der Waals surface area contributed by atoms with Crippen molar-refractivity contribution in [2.75, 3.05) is 38.2 Å². The lowest BCUT2D eigenvalue weighted by atomic mass is 9.96. The van der Waals surface area contributed by atoms with E-state index in [1.165, 1.54) is 5.56 Å². The Labute approximate surface area is 160 Å². The van der Waals surface area contributed by atoms with Crippen LogP contribution in [0.3, 0.4) is 0 Å². The second-order valence-electron chi connectivity index (χ2n) is 7.50. The summed E-state index contributed by atoms with van der Waals surface area (Å²) in [6.07, 6.45) is 2.26. The highest BCUT2D eigenvalue weighted by molar-refractivity contribution is 5.90. The van der Waals surface area contributed by atoms with Crippen LogP contribution < -0.4 is 10.6 Å². The number of hydrogen-bond donors (Lipinski definition) is 2. The van der Waals surface area contributed by atoms with E-state index in [2.05, 4.69) is 45.9 Å². The van der Waals surface area contributed by atoms with Crippen LogP contribution in [0.25, 0.3) is 0 Å². The van der Waals surface area contributed by atoms with E-state index in [0.717, 1.165) is 56.9 Å². The molecule has 2 fully saturated rings. The smallest absolute Gasteiger partial charge is 0.319 e. The van der Waals surface area contributed by atoms with E-state index in [4.69, 9.17) is 4.74 Å². The Morgan fingerprint density at radius 1 is 1.00 bits per heavy atom. The van der Waals surface area contributed by atoms with Gasteiger partial charge in [0, 0.05) is 37.3 Å². The van der Waals surface area contributed by atoms with Crippen molar-refractivity contribution in [3.05, 3.63) is 65.7 Å². The van der Waals surface area contributed by atoms with Gasteiger partial charge in [-0.15, -0.1) is 0 Å². The Bertz CT molecular complexity index is 768. The minimum Gasteiger partial charge on any atom is -0.379 e. The fourth-order valence-electron chi connectivity index (χ4n) is 3.71. The number of nitrogens with zero attached hydrogens (tertiary/aromatic N) is 1. The number of nitrogens with one attached hydrogen (secondary N) is 2. The summed E-state index contributed by atoms with van der Waals surface area (Å²) in [5, 5.41) is 6.12. The largest absolute Gasteiger partial charge is 0.379 e. The SMILES string of the molecule is O=C(NCC1(c2ccccc2)CC1)Nc1ccccc1CN1CCOCC1. The molecule has 4 rings (SSSR count). The fourth-order valence-corrected chi connectivity index (χ4v) is 3.71. The second-order valence-corrected chi connectivity index (χ2v) is 7.50. The summed E-state index contributed by atoms with van der Waals surface area (Å²) in [4.78, 5) is 14.9. The molecule has 1 aliphatic heterocycles. The number of carbonyl (C=O) groups excluding carboxylic acids is 1. The average Bonchev–Trinajstić information content (AvgIpc) is 3.51. The molecule has 2 aromatic rings. The lowest BCUT2D eigenvalue weighted by molar-refractivity contribution is 0.0343. The highest BCUT2D eigenvalue weighted by atomic mass is 16.5. The third-order valence-electron chi connectivity index (χ3n) is 5.59. The Hall–Kier alpha value is -2.37. The normalized spacial score (nSPS) is 18.7. The van der Waals surface area contributed by atoms with Gasteiger partial charge >= 0.3 is 6.03 Å². The number of urea groups is 1. The van der Waals surface area contributed by atoms with Crippen LogP contribution in [-0.2, 0) is 16.7 Å². The zero-order chi connectivity index (χ0) is 18.5. The zero-order valence-electron chi connectivity index (χ0n) is 15.6. The fraction of sp³-hybridized carbons (Fsp3) is 0.409. The summed E-state index contributed by atoms with van der Waals surface area (Å²) in [7, 11) is 0. The van der Waals surface area contributed by atoms with Crippen molar-refractivity contribution >= 4 is 11.7 Å². The molecule has 1 aliphatic carbocycles. The van der Waals surface area contributed by atoms with Gasteiger partial charge in [0.15, 0.2) is 0 Å². The molecule has 142 valence electrons. The van der Waals surface area contributed by atoms with Crippen molar-refractivity contribution in [1.29, 1.82) is 0 Å². The summed E-state index contributed by atoms with van der Waals surface area (Å²) >= 11 is 0. The van der Waals surface area contributed by atoms with E-state index >= 15 is 0 Å². The Balaban J connectivity index is 1.34. The van der Waals surface area contributed by atoms with E-state index in [-0.39, 0.29) is 11.4 Å². The van der Waals surface area contributed by atoms with Crippen LogP contribution in [-0.4, -0.2) is 43.8 Å². The van der Waals surface area contributed by atoms with Gasteiger partial charge in [-0.2, -0.15) is 0 Å². The first-order chi connectivity index (χ1) is 13.3. The maximum atomic E-state index is 12.5. The number of rotatable bonds is 6. The monoisotopic (exact) mass is 365 g/mol. The quantitative estimate of drug-likeness (QED) is 0.825. The number of hydrogen-bond acceptors (Lipinski definition) is 3. The molecular weight excluding hydrogens is 338 g/mol. The molecule has 2 amide bonds. The zero-order valence-corrected chi connectivity index (χ0v) is 15.6. The molecule has 5 nitrogen and oxygen atoms in total. The lowest BCUT2D eigenvalue weighted by Gasteiger charge is -2.27. The van der Waals surface area contributed by atoms with Gasteiger partial charge in [-0.05, 0) is 30.0 Å². The number of carbonyl (C=O) groups is 1. The molecule has 2 N–H and O–H groups in total. The summed E-state index contributed by atoms with van der Waals surface area (Å²) < 4.78 is 5.42. The van der Waals surface area contributed by atoms with Gasteiger partial charge in [0.05, 0.1) is 13.2 Å². The average molecular weight is 365 g/mol. The Kier molecular flexibility index (Phi) is 5.41. The van der Waals surface area contributed by atoms with E-state index in [0.29, 0.717) is 6.54 Å². The molecule has 0 atom stereocenters. The van der Waals surface area contributed by atoms with Gasteiger partial charge in [0.2, 0.25) is 0 Å². The molecule has 1 heterocycles. The molecule has 27 heavy (non-hydrogen) atoms. The third kappa shape index (κ3) is 4.49. The maximum absolute atomic E-state index is 12.5. The van der Waals surface area contributed by atoms with Crippen LogP contribution in [0.15, 0.2) is 54.6 Å². The van der Waals surface area contributed by atoms with E-state index in [1.54, 1.807) is 0 Å². The minimum atomic E-state index is -0.133. The molecule has 0 radical (unpaired) electrons. The summed E-state index contributed by atoms with van der Waals surface area (Å²) in [5.41, 5.74) is 3.45. The molecular formula is C22H27N3O2. The van der Waals surface area contributed by atoms with Crippen molar-refractivity contribution in [2.45, 2.75) is 24.8 Å². The molecule has 5 heteroatoms. The van der Waals surface area contributed by atoms with E-state index in [1.807, 2.05) is 24.3 Å². The van der Waals surface area contributed by atoms with E-state index in [9.17, 15) is 4.79 Å². The maximum Gasteiger partial charge on any atom is 0.319 e. The van der Waals surface area contributed by atoms with Gasteiger partial charge in [0.1, 0.15) is 0 Å². The summed E-state index contributed by atoms with van der Waals surface area (Å²) in [6, 6.07) is 18.4. The predicted molar refractivity (Wildman–Crippen MR) is 107 cm³/mol. The number of anilines is 1. The number of para-hydroxylation sites is 1. The van der Waals surface area contributed by atoms with Crippen molar-refractivity contribution in [2.24, 2.45) is 0 Å². The number of ether oxygens (including phenoxy) is 1. The standard InChI is InChI=1S/C22H27N3O2/c26-21(23-17-22(10-11-22)19-7-2-1-3-8-19)24-20-9-5-4-6-18(20)16-25-12-14-27-15-13-25/h1-9H,10-17H2,(H2,23,24,26). The van der Waals surface area contributed by atoms with Crippen molar-refractivity contribution < 1.29 is 9.53 Å². The third-order valence-corrected chi connectivity index (χ3v) is 5.59. The van der Waals surface area contributed by atoms with Crippen LogP contribution in [0.1, 0.15) is 24.0 Å². The number of amides is 2. The van der Waals surface area contributed by atoms with Crippen LogP contribution in [0, 0.1) is 0 Å². The highest BCUT2D eigenvalue weighted by Gasteiger charge is 2.44. The van der Waals surface area contributed by atoms with Crippen LogP contribution in [0.5, 0.6) is 0 Å². The molecule has 0 unspecified atom stereocenters. The summed E-state index contributed by atoms with van der Waals surface area (Å²) in [6.45, 7) is 4.91. The minimum absolute atomic E-state index is 0.117. The number of morpholine rings is 1. The van der Waals surface area contributed by atoms with Crippen molar-refractivity contribution in [1.82, 2.24) is 10.2 Å². The lowest BCUT2D eigenvalue weighted by Crippen LogP contribution is -2.37. The number of benzene rings is 2. The van der Waals surface area contributed by atoms with Crippen LogP contribution in [0.2, 0.25) is 0 Å². The summed E-state index contributed by atoms with van der Waals surface area (Å²) in [5.74, 6) is 0. The highest BCUT2D eigenvalue weighted by Crippen LogP contribution is 2.47. The Morgan fingerprint density at radius 2 is 1.70 bits per heavy atom. The first kappa shape index (κ1) is 18.0. The molecule has 0 bridgehead atoms. The van der Waals surface area contributed by atoms with E-state index < -0.39 is 0 Å².